The minimum Gasteiger partial charge on any atom is -0.342 e. The fraction of sp³-hybridized carbons (Fsp3) is 0.114. The number of nitrogens with one attached hydrogen (secondary N) is 2. The fourth-order valence-electron chi connectivity index (χ4n) is 4.85. The highest BCUT2D eigenvalue weighted by atomic mass is 16.1. The minimum absolute atomic E-state index is 0.312. The Kier molecular flexibility index (Phi) is 8.20. The lowest BCUT2D eigenvalue weighted by molar-refractivity contribution is -0.462. The monoisotopic (exact) mass is 541 g/mol. The van der Waals surface area contributed by atoms with Crippen molar-refractivity contribution in [1.29, 1.82) is 0 Å². The summed E-state index contributed by atoms with van der Waals surface area (Å²) in [5, 5.41) is 5.53. The highest BCUT2D eigenvalue weighted by molar-refractivity contribution is 6.02. The molecular formula is C35H33N4O2+. The zero-order valence-electron chi connectivity index (χ0n) is 23.5. The van der Waals surface area contributed by atoms with Crippen molar-refractivity contribution >= 4 is 33.4 Å². The van der Waals surface area contributed by atoms with Crippen LogP contribution in [0.25, 0.3) is 16.3 Å². The van der Waals surface area contributed by atoms with Crippen molar-refractivity contribution in [2.75, 3.05) is 25.5 Å². The molecule has 0 spiro atoms. The second kappa shape index (κ2) is 12.3. The van der Waals surface area contributed by atoms with Crippen molar-refractivity contribution in [1.82, 2.24) is 10.2 Å². The summed E-state index contributed by atoms with van der Waals surface area (Å²) in [6, 6.07) is 24.1. The lowest BCUT2D eigenvalue weighted by Gasteiger charge is -2.24. The third-order valence-electron chi connectivity index (χ3n) is 7.06. The van der Waals surface area contributed by atoms with Gasteiger partial charge in [0.05, 0.1) is 10.8 Å². The Morgan fingerprint density at radius 1 is 0.756 bits per heavy atom. The van der Waals surface area contributed by atoms with Crippen LogP contribution in [-0.2, 0) is 0 Å². The van der Waals surface area contributed by atoms with Gasteiger partial charge >= 0.3 is 0 Å². The van der Waals surface area contributed by atoms with Gasteiger partial charge in [0, 0.05) is 30.1 Å². The third-order valence-corrected chi connectivity index (χ3v) is 7.06. The summed E-state index contributed by atoms with van der Waals surface area (Å²) in [6.45, 7) is 2.76. The van der Waals surface area contributed by atoms with Crippen LogP contribution in [0.2, 0.25) is 0 Å². The fourth-order valence-corrected chi connectivity index (χ4v) is 4.85. The van der Waals surface area contributed by atoms with Gasteiger partial charge in [-0.2, -0.15) is 0 Å². The van der Waals surface area contributed by atoms with Gasteiger partial charge in [-0.25, -0.2) is 4.58 Å². The quantitative estimate of drug-likeness (QED) is 0.219. The van der Waals surface area contributed by atoms with Gasteiger partial charge in [0.2, 0.25) is 0 Å². The normalized spacial score (nSPS) is 13.3. The molecule has 41 heavy (non-hydrogen) atoms. The number of H-pyrrole nitrogens is 2. The van der Waals surface area contributed by atoms with Gasteiger partial charge in [-0.05, 0) is 71.7 Å². The van der Waals surface area contributed by atoms with Gasteiger partial charge in [-0.3, -0.25) is 19.8 Å². The van der Waals surface area contributed by atoms with E-state index in [1.165, 1.54) is 5.71 Å². The lowest BCUT2D eigenvalue weighted by atomic mass is 9.97. The van der Waals surface area contributed by atoms with E-state index >= 15 is 0 Å². The van der Waals surface area contributed by atoms with Gasteiger partial charge in [0.1, 0.15) is 14.1 Å². The van der Waals surface area contributed by atoms with Crippen LogP contribution in [-0.4, -0.2) is 41.1 Å². The average molecular weight is 542 g/mol. The zero-order chi connectivity index (χ0) is 28.8. The molecule has 204 valence electrons. The summed E-state index contributed by atoms with van der Waals surface area (Å²) < 4.78 is 2.09. The van der Waals surface area contributed by atoms with E-state index in [0.29, 0.717) is 17.3 Å². The molecule has 0 fully saturated rings. The molecule has 0 saturated heterocycles. The van der Waals surface area contributed by atoms with Crippen molar-refractivity contribution in [3.8, 4) is 0 Å². The highest BCUT2D eigenvalue weighted by Gasteiger charge is 2.12. The van der Waals surface area contributed by atoms with Gasteiger partial charge in [-0.15, -0.1) is 0 Å². The van der Waals surface area contributed by atoms with E-state index in [-0.39, 0.29) is 11.1 Å². The first-order valence-corrected chi connectivity index (χ1v) is 13.6. The Morgan fingerprint density at radius 2 is 1.39 bits per heavy atom. The predicted octanol–water partition coefficient (Wildman–Crippen LogP) is 6.13. The maximum atomic E-state index is 12.4. The first kappa shape index (κ1) is 27.3. The number of aromatic nitrogens is 2. The number of benzene rings is 3. The Balaban J connectivity index is 1.44. The molecule has 0 atom stereocenters. The maximum Gasteiger partial charge on any atom is 0.270 e. The summed E-state index contributed by atoms with van der Waals surface area (Å²) in [7, 11) is 4.08. The maximum absolute atomic E-state index is 12.4. The standard InChI is InChI=1S/C35H32N4O2/c1-4-39(30-22-23-32-33(24-30)35(41)37-36-34(32)40)29-20-16-27(17-21-29)31(26-11-6-5-7-12-26)13-9-8-10-25-14-18-28(19-15-25)38(2)3/h5-24H,4H2,1-3H3,(H-,36,37,40,41)/p+1. The SMILES string of the molecule is CCN(c1ccc(C(=CC=CC=C2C=CC(=[N+](C)C)C=C2)c2ccccc2)cc1)c1ccc2c(=O)[nH][nH]c(=O)c2c1. The number of aromatic amines is 2. The second-order valence-corrected chi connectivity index (χ2v) is 9.91. The van der Waals surface area contributed by atoms with Crippen LogP contribution in [0.1, 0.15) is 18.1 Å². The van der Waals surface area contributed by atoms with Crippen LogP contribution in [0.5, 0.6) is 0 Å². The molecule has 0 unspecified atom stereocenters. The van der Waals surface area contributed by atoms with E-state index in [1.807, 2.05) is 38.4 Å². The molecule has 0 amide bonds. The summed E-state index contributed by atoms with van der Waals surface area (Å²) in [4.78, 5) is 26.6. The van der Waals surface area contributed by atoms with Crippen LogP contribution in [0.4, 0.5) is 11.4 Å². The average Bonchev–Trinajstić information content (AvgIpc) is 3.00. The Bertz CT molecular complexity index is 1840. The molecular weight excluding hydrogens is 508 g/mol. The van der Waals surface area contributed by atoms with Gasteiger partial charge in [0.25, 0.3) is 11.1 Å². The van der Waals surface area contributed by atoms with E-state index < -0.39 is 0 Å². The van der Waals surface area contributed by atoms with Crippen LogP contribution < -0.4 is 16.0 Å². The predicted molar refractivity (Wildman–Crippen MR) is 170 cm³/mol. The molecule has 0 aliphatic heterocycles. The molecule has 2 N–H and O–H groups in total. The second-order valence-electron chi connectivity index (χ2n) is 9.91. The van der Waals surface area contributed by atoms with E-state index in [2.05, 4.69) is 112 Å². The van der Waals surface area contributed by atoms with Crippen LogP contribution in [0, 0.1) is 0 Å². The van der Waals surface area contributed by atoms with Crippen molar-refractivity contribution in [2.24, 2.45) is 0 Å². The largest absolute Gasteiger partial charge is 0.342 e. The van der Waals surface area contributed by atoms with E-state index in [9.17, 15) is 9.59 Å². The summed E-state index contributed by atoms with van der Waals surface area (Å²) in [6.07, 6.45) is 16.8. The first-order valence-electron chi connectivity index (χ1n) is 13.6. The van der Waals surface area contributed by atoms with Gasteiger partial charge in [-0.1, -0.05) is 66.8 Å². The Labute approximate surface area is 239 Å². The zero-order valence-corrected chi connectivity index (χ0v) is 23.5. The van der Waals surface area contributed by atoms with Crippen molar-refractivity contribution in [3.63, 3.8) is 0 Å². The molecule has 1 aliphatic carbocycles. The van der Waals surface area contributed by atoms with Gasteiger partial charge < -0.3 is 4.90 Å². The van der Waals surface area contributed by atoms with E-state index in [0.717, 1.165) is 33.6 Å². The molecule has 0 radical (unpaired) electrons. The molecule has 6 nitrogen and oxygen atoms in total. The van der Waals surface area contributed by atoms with Crippen LogP contribution in [0.3, 0.4) is 0 Å². The minimum atomic E-state index is -0.318. The summed E-state index contributed by atoms with van der Waals surface area (Å²) >= 11 is 0. The first-order chi connectivity index (χ1) is 19.9. The van der Waals surface area contributed by atoms with E-state index in [4.69, 9.17) is 0 Å². The van der Waals surface area contributed by atoms with E-state index in [1.54, 1.807) is 12.1 Å². The Hall–Kier alpha value is -5.23. The molecule has 5 rings (SSSR count). The highest BCUT2D eigenvalue weighted by Crippen LogP contribution is 2.30. The molecule has 0 bridgehead atoms. The number of fused-ring (bicyclic) bond motifs is 1. The summed E-state index contributed by atoms with van der Waals surface area (Å²) in [5.41, 5.74) is 6.87. The number of rotatable bonds is 7. The molecule has 1 aromatic heterocycles. The third kappa shape index (κ3) is 6.17. The number of anilines is 2. The molecule has 1 aliphatic rings. The molecule has 6 heteroatoms. The lowest BCUT2D eigenvalue weighted by Crippen LogP contribution is -2.20. The number of hydrogen-bond donors (Lipinski definition) is 2. The van der Waals surface area contributed by atoms with Gasteiger partial charge in [0.15, 0.2) is 5.71 Å². The van der Waals surface area contributed by atoms with Crippen molar-refractivity contribution in [2.45, 2.75) is 6.92 Å². The van der Waals surface area contributed by atoms with Crippen LogP contribution >= 0.6 is 0 Å². The topological polar surface area (TPSA) is 72.0 Å². The molecule has 0 saturated carbocycles. The van der Waals surface area contributed by atoms with Crippen molar-refractivity contribution < 1.29 is 4.58 Å². The number of hydrogen-bond acceptors (Lipinski definition) is 3. The number of allylic oxidation sites excluding steroid dienone is 9. The molecule has 4 aromatic rings. The molecule has 3 aromatic carbocycles. The smallest absolute Gasteiger partial charge is 0.270 e. The Morgan fingerprint density at radius 3 is 2.05 bits per heavy atom. The van der Waals surface area contributed by atoms with Crippen LogP contribution in [0.15, 0.2) is 137 Å². The molecule has 1 heterocycles. The number of nitrogens with zero attached hydrogens (tertiary/aromatic N) is 2. The van der Waals surface area contributed by atoms with Crippen molar-refractivity contribution in [3.05, 3.63) is 159 Å². The summed E-state index contributed by atoms with van der Waals surface area (Å²) in [5.74, 6) is 0.